The zero-order chi connectivity index (χ0) is 96.0. The molecule has 0 spiro atoms. The van der Waals surface area contributed by atoms with Crippen LogP contribution < -0.4 is 0 Å². The molecule has 4 saturated heterocycles. The number of likely N-dealkylation sites (tertiary alicyclic amines) is 4. The number of pyridine rings is 8. The van der Waals surface area contributed by atoms with Crippen LogP contribution in [0.1, 0.15) is 176 Å². The zero-order valence-electron chi connectivity index (χ0n) is 80.0. The number of piperidine rings is 4. The summed E-state index contributed by atoms with van der Waals surface area (Å²) in [4.78, 5) is 94.4. The van der Waals surface area contributed by atoms with E-state index in [1.54, 1.807) is 13.1 Å². The number of rotatable bonds is 19. The second-order valence-electron chi connectivity index (χ2n) is 39.3. The second-order valence-corrected chi connectivity index (χ2v) is 39.3. The molecule has 36 heteroatoms. The van der Waals surface area contributed by atoms with Crippen molar-refractivity contribution in [2.24, 2.45) is 17.8 Å². The highest BCUT2D eigenvalue weighted by molar-refractivity contribution is 5.85. The number of carbonyl (C=O) groups is 4. The first-order valence-electron chi connectivity index (χ1n) is 50.5. The average molecular weight is 1910 g/mol. The lowest BCUT2D eigenvalue weighted by molar-refractivity contribution is -0.138. The maximum absolute atomic E-state index is 12.9. The summed E-state index contributed by atoms with van der Waals surface area (Å²) in [5, 5.41) is 37.1. The number of carbonyl (C=O) groups excluding carboxylic acids is 4. The van der Waals surface area contributed by atoms with Crippen molar-refractivity contribution >= 4 is 90.4 Å². The SMILES string of the molecule is CC(=O)N1CCC(n2cc(-c3cnc4cnn(Cc5cnc6ccccn56)c4c3)cn2)CC1.O=C(C1CC1)N1CCC(n2cc(-c3cnc4cnn(Cc5cnc6ccccn56)c4c3)cn2)CC1.O=C(C1CCCC1)N1CCC(n2cc(-c3cnc4cnn(Cc5cnc6ccccn56)c4c3)cn2)CC1.O=C(C1CCCCC1)N1CCC(n2cc(-c3cnc4cnn(Cc5cnc6ccccn56)c4c3)cn2)CC1. The highest BCUT2D eigenvalue weighted by atomic mass is 16.2. The van der Waals surface area contributed by atoms with E-state index < -0.39 is 0 Å². The van der Waals surface area contributed by atoms with Crippen molar-refractivity contribution in [3.05, 3.63) is 269 Å². The Balaban J connectivity index is 0.000000103. The summed E-state index contributed by atoms with van der Waals surface area (Å²) in [6.07, 6.45) is 66.6. The summed E-state index contributed by atoms with van der Waals surface area (Å²) in [6.45, 7) is 10.6. The molecule has 7 aliphatic rings. The Labute approximate surface area is 822 Å². The van der Waals surface area contributed by atoms with Gasteiger partial charge in [-0.3, -0.25) is 76.6 Å². The number of amides is 4. The average Bonchev–Trinajstić information content (AvgIpc) is 1.65. The molecule has 0 N–H and O–H groups in total. The van der Waals surface area contributed by atoms with E-state index in [0.717, 1.165) is 276 Å². The molecule has 20 aromatic rings. The third-order valence-electron chi connectivity index (χ3n) is 30.3. The summed E-state index contributed by atoms with van der Waals surface area (Å²) < 4.78 is 24.5. The van der Waals surface area contributed by atoms with Crippen LogP contribution in [-0.2, 0) is 45.4 Å². The van der Waals surface area contributed by atoms with E-state index in [4.69, 9.17) is 10.2 Å². The minimum absolute atomic E-state index is 0.148. The summed E-state index contributed by atoms with van der Waals surface area (Å²) in [7, 11) is 0. The largest absolute Gasteiger partial charge is 0.343 e. The van der Waals surface area contributed by atoms with E-state index in [-0.39, 0.29) is 17.7 Å². The molecule has 3 saturated carbocycles. The maximum atomic E-state index is 12.9. The van der Waals surface area contributed by atoms with E-state index >= 15 is 0 Å². The van der Waals surface area contributed by atoms with Crippen molar-refractivity contribution in [3.63, 3.8) is 0 Å². The molecule has 143 heavy (non-hydrogen) atoms. The topological polar surface area (TPSA) is 345 Å². The molecule has 4 aliphatic heterocycles. The molecule has 0 radical (unpaired) electrons. The molecule has 36 nitrogen and oxygen atoms in total. The number of aromatic nitrogens is 28. The molecule has 3 aliphatic carbocycles. The monoisotopic (exact) mass is 1910 g/mol. The lowest BCUT2D eigenvalue weighted by atomic mass is 9.87. The van der Waals surface area contributed by atoms with Gasteiger partial charge in [-0.25, -0.2) is 19.9 Å². The van der Waals surface area contributed by atoms with Gasteiger partial charge < -0.3 is 37.2 Å². The first-order valence-corrected chi connectivity index (χ1v) is 50.5. The fraction of sp³-hybridized carbons (Fsp3) is 0.364. The van der Waals surface area contributed by atoms with Gasteiger partial charge in [0.1, 0.15) is 44.7 Å². The number of hydrogen-bond acceptors (Lipinski definition) is 20. The van der Waals surface area contributed by atoms with Crippen molar-refractivity contribution in [1.82, 2.24) is 155 Å². The Morgan fingerprint density at radius 3 is 0.769 bits per heavy atom. The quantitative estimate of drug-likeness (QED) is 0.0725. The molecule has 0 atom stereocenters. The zero-order valence-corrected chi connectivity index (χ0v) is 80.0. The van der Waals surface area contributed by atoms with Gasteiger partial charge in [-0.2, -0.15) is 40.8 Å². The number of fused-ring (bicyclic) bond motifs is 8. The predicted molar refractivity (Wildman–Crippen MR) is 539 cm³/mol. The Kier molecular flexibility index (Phi) is 24.6. The lowest BCUT2D eigenvalue weighted by Gasteiger charge is -2.35. The van der Waals surface area contributed by atoms with Crippen LogP contribution in [0.4, 0.5) is 0 Å². The van der Waals surface area contributed by atoms with Gasteiger partial charge in [0.25, 0.3) is 0 Å². The minimum Gasteiger partial charge on any atom is -0.343 e. The van der Waals surface area contributed by atoms with Gasteiger partial charge >= 0.3 is 0 Å². The summed E-state index contributed by atoms with van der Waals surface area (Å²) in [5.74, 6) is 2.06. The van der Waals surface area contributed by atoms with Crippen molar-refractivity contribution in [1.29, 1.82) is 0 Å². The van der Waals surface area contributed by atoms with E-state index in [1.165, 1.54) is 32.1 Å². The molecule has 20 aromatic heterocycles. The first-order chi connectivity index (χ1) is 70.3. The Hall–Kier alpha value is -16.0. The minimum atomic E-state index is 0.148. The molecule has 27 rings (SSSR count). The molecule has 724 valence electrons. The Bertz CT molecular complexity index is 7990. The summed E-state index contributed by atoms with van der Waals surface area (Å²) >= 11 is 0. The maximum Gasteiger partial charge on any atom is 0.225 e. The highest BCUT2D eigenvalue weighted by Gasteiger charge is 2.37. The van der Waals surface area contributed by atoms with Crippen LogP contribution in [0.15, 0.2) is 246 Å². The highest BCUT2D eigenvalue weighted by Crippen LogP contribution is 2.38. The molecule has 0 bridgehead atoms. The van der Waals surface area contributed by atoms with Gasteiger partial charge in [-0.15, -0.1) is 0 Å². The normalized spacial score (nSPS) is 16.8. The molecule has 4 amide bonds. The van der Waals surface area contributed by atoms with Crippen LogP contribution in [0.5, 0.6) is 0 Å². The van der Waals surface area contributed by atoms with Gasteiger partial charge in [-0.1, -0.05) is 56.4 Å². The van der Waals surface area contributed by atoms with Crippen LogP contribution >= 0.6 is 0 Å². The van der Waals surface area contributed by atoms with Crippen molar-refractivity contribution < 1.29 is 19.2 Å². The third-order valence-corrected chi connectivity index (χ3v) is 30.3. The van der Waals surface area contributed by atoms with Gasteiger partial charge in [-0.05, 0) is 163 Å². The predicted octanol–water partition coefficient (Wildman–Crippen LogP) is 15.8. The van der Waals surface area contributed by atoms with Crippen molar-refractivity contribution in [3.8, 4) is 44.5 Å². The second kappa shape index (κ2) is 39.2. The van der Waals surface area contributed by atoms with E-state index in [0.29, 0.717) is 74.0 Å². The van der Waals surface area contributed by atoms with Crippen LogP contribution in [0.3, 0.4) is 0 Å². The van der Waals surface area contributed by atoms with Gasteiger partial charge in [0.2, 0.25) is 23.6 Å². The fourth-order valence-electron chi connectivity index (χ4n) is 21.9. The molecule has 0 aromatic carbocycles. The molecule has 7 fully saturated rings. The molecule has 0 unspecified atom stereocenters. The van der Waals surface area contributed by atoms with Gasteiger partial charge in [0.15, 0.2) is 0 Å². The fourth-order valence-corrected chi connectivity index (χ4v) is 21.9. The third kappa shape index (κ3) is 18.7. The van der Waals surface area contributed by atoms with Crippen molar-refractivity contribution in [2.45, 2.75) is 179 Å². The van der Waals surface area contributed by atoms with E-state index in [1.807, 2.05) is 224 Å². The number of imidazole rings is 4. The van der Waals surface area contributed by atoms with Crippen LogP contribution in [-0.4, -0.2) is 231 Å². The van der Waals surface area contributed by atoms with Gasteiger partial charge in [0.05, 0.1) is 170 Å². The lowest BCUT2D eigenvalue weighted by Crippen LogP contribution is -2.42. The summed E-state index contributed by atoms with van der Waals surface area (Å²) in [5.41, 5.74) is 23.5. The smallest absolute Gasteiger partial charge is 0.225 e. The molecule has 24 heterocycles. The van der Waals surface area contributed by atoms with Crippen LogP contribution in [0, 0.1) is 17.8 Å². The number of nitrogens with zero attached hydrogens (tertiary/aromatic N) is 32. The van der Waals surface area contributed by atoms with Crippen molar-refractivity contribution in [2.75, 3.05) is 52.4 Å². The molecular weight excluding hydrogens is 1800 g/mol. The number of hydrogen-bond donors (Lipinski definition) is 0. The first kappa shape index (κ1) is 89.6. The van der Waals surface area contributed by atoms with E-state index in [2.05, 4.69) is 161 Å². The summed E-state index contributed by atoms with van der Waals surface area (Å²) in [6, 6.07) is 33.8. The van der Waals surface area contributed by atoms with Crippen LogP contribution in [0.25, 0.3) is 111 Å². The Morgan fingerprint density at radius 2 is 0.510 bits per heavy atom. The Morgan fingerprint density at radius 1 is 0.259 bits per heavy atom. The standard InChI is InChI=1S/C29H32N8O.C28H30N8O.C26H26N8O.C24H24N8O/c38-29(21-6-2-1-3-7-21)34-12-9-24(10-13-34)36-19-23(16-32-36)22-14-27-26(30-15-22)18-33-37(27)20-25-17-31-28-8-4-5-11-35(25)28;37-28(20-5-1-2-6-20)33-11-8-23(9-12-33)35-18-22(15-31-35)21-13-26-25(29-14-21)17-32-36(26)19-24-16-30-27-7-3-4-10-34(24)27;35-26(18-4-5-18)31-9-6-21(7-10-31)33-16-20(13-29-33)19-11-24-23(27-12-19)15-30-34(24)17-22-14-28-25-3-1-2-8-32(22)25;1-17(33)29-8-5-20(6-9-29)31-15-19(12-27-31)18-10-23-22(25-11-18)14-28-32(23)16-21-13-26-24-4-2-3-7-30(21)24/h4-5,8,11,14-19,21,24H,1-3,6-7,9-10,12-13,20H2;3-4,7,10,13-18,20,23H,1-2,5-6,8-9,11-12,19H2;1-3,8,11-16,18,21H,4-7,9-10,17H2;2-4,7,10-15,20H,5-6,8-9,16H2,1H3. The van der Waals surface area contributed by atoms with E-state index in [9.17, 15) is 19.2 Å². The van der Waals surface area contributed by atoms with Crippen LogP contribution in [0.2, 0.25) is 0 Å². The molecular formula is C107H112N32O4. The van der Waals surface area contributed by atoms with Gasteiger partial charge in [0, 0.05) is 196 Å².